The molecule has 0 aliphatic rings. The van der Waals surface area contributed by atoms with Gasteiger partial charge in [0, 0.05) is 25.0 Å². The minimum absolute atomic E-state index is 0.680. The first kappa shape index (κ1) is 19.4. The average molecular weight is 325 g/mol. The van der Waals surface area contributed by atoms with Crippen LogP contribution in [0.1, 0.15) is 59.3 Å². The molecule has 0 saturated heterocycles. The van der Waals surface area contributed by atoms with Gasteiger partial charge in [-0.15, -0.1) is 0 Å². The van der Waals surface area contributed by atoms with Crippen LogP contribution in [0, 0.1) is 0 Å². The number of benzene rings is 1. The van der Waals surface area contributed by atoms with Crippen molar-refractivity contribution >= 4 is 14.0 Å². The molecule has 0 aliphatic carbocycles. The van der Waals surface area contributed by atoms with E-state index in [1.54, 1.807) is 0 Å². The third-order valence-electron chi connectivity index (χ3n) is 3.41. The van der Waals surface area contributed by atoms with Crippen molar-refractivity contribution in [3.63, 3.8) is 0 Å². The number of hydrogen-bond acceptors (Lipinski definition) is 3. The molecule has 4 heteroatoms. The molecule has 1 aromatic carbocycles. The van der Waals surface area contributed by atoms with E-state index in [0.717, 1.165) is 24.4 Å². The van der Waals surface area contributed by atoms with Crippen LogP contribution in [0.5, 0.6) is 0 Å². The molecule has 0 aliphatic heterocycles. The zero-order valence-electron chi connectivity index (χ0n) is 14.5. The summed E-state index contributed by atoms with van der Waals surface area (Å²) < 4.78 is 18.6. The Morgan fingerprint density at radius 2 is 1.27 bits per heavy atom. The molecule has 0 unspecified atom stereocenters. The second kappa shape index (κ2) is 11.8. The summed E-state index contributed by atoms with van der Waals surface area (Å²) in [5.74, 6) is 0. The maximum atomic E-state index is 6.26. The molecule has 126 valence electrons. The van der Waals surface area contributed by atoms with Crippen LogP contribution in [0.2, 0.25) is 0 Å². The molecular weight excluding hydrogens is 292 g/mol. The summed E-state index contributed by atoms with van der Waals surface area (Å²) in [6, 6.07) is 10.2. The van der Waals surface area contributed by atoms with Gasteiger partial charge in [0.05, 0.1) is 0 Å². The molecule has 0 radical (unpaired) electrons. The average Bonchev–Trinajstić information content (AvgIpc) is 2.57. The predicted octanol–water partition coefficient (Wildman–Crippen LogP) is 4.28. The van der Waals surface area contributed by atoms with Crippen LogP contribution in [0.15, 0.2) is 30.3 Å². The van der Waals surface area contributed by atoms with Crippen molar-refractivity contribution in [2.75, 3.05) is 19.8 Å². The van der Waals surface area contributed by atoms with Gasteiger partial charge in [-0.25, -0.2) is 0 Å². The van der Waals surface area contributed by atoms with Crippen molar-refractivity contribution in [3.05, 3.63) is 30.3 Å². The Balaban J connectivity index is 2.78. The maximum Gasteiger partial charge on any atom is 0.537 e. The summed E-state index contributed by atoms with van der Waals surface area (Å²) >= 11 is 0. The van der Waals surface area contributed by atoms with Gasteiger partial charge in [0.1, 0.15) is 0 Å². The molecule has 0 fully saturated rings. The molecule has 0 bridgehead atoms. The van der Waals surface area contributed by atoms with Crippen molar-refractivity contribution in [2.24, 2.45) is 0 Å². The first-order valence-electron chi connectivity index (χ1n) is 8.76. The van der Waals surface area contributed by atoms with Gasteiger partial charge in [-0.1, -0.05) is 70.4 Å². The van der Waals surface area contributed by atoms with Gasteiger partial charge in [-0.3, -0.25) is 0 Å². The minimum atomic E-state index is -2.77. The second-order valence-electron chi connectivity index (χ2n) is 5.53. The minimum Gasteiger partial charge on any atom is -0.370 e. The van der Waals surface area contributed by atoms with Crippen LogP contribution in [0.3, 0.4) is 0 Å². The molecule has 1 rings (SSSR count). The summed E-state index contributed by atoms with van der Waals surface area (Å²) in [7, 11) is -2.77. The fourth-order valence-corrected chi connectivity index (χ4v) is 4.93. The van der Waals surface area contributed by atoms with Gasteiger partial charge >= 0.3 is 8.80 Å². The van der Waals surface area contributed by atoms with E-state index in [-0.39, 0.29) is 0 Å². The van der Waals surface area contributed by atoms with Crippen molar-refractivity contribution in [3.8, 4) is 0 Å². The smallest absolute Gasteiger partial charge is 0.370 e. The molecule has 22 heavy (non-hydrogen) atoms. The monoisotopic (exact) mass is 324 g/mol. The number of rotatable bonds is 13. The summed E-state index contributed by atoms with van der Waals surface area (Å²) in [6.45, 7) is 8.53. The topological polar surface area (TPSA) is 27.7 Å². The van der Waals surface area contributed by atoms with Gasteiger partial charge in [0.2, 0.25) is 0 Å². The Kier molecular flexibility index (Phi) is 10.4. The molecule has 3 nitrogen and oxygen atoms in total. The molecule has 1 aromatic rings. The molecule has 0 atom stereocenters. The van der Waals surface area contributed by atoms with Gasteiger partial charge in [0.25, 0.3) is 0 Å². The molecule has 0 heterocycles. The lowest BCUT2D eigenvalue weighted by molar-refractivity contribution is 0.0717. The van der Waals surface area contributed by atoms with Crippen LogP contribution < -0.4 is 5.19 Å². The number of hydrogen-bond donors (Lipinski definition) is 0. The van der Waals surface area contributed by atoms with Crippen LogP contribution in [-0.2, 0) is 13.3 Å². The van der Waals surface area contributed by atoms with E-state index in [0.29, 0.717) is 19.8 Å². The standard InChI is InChI=1S/C18H32O3Si/c1-4-7-8-12-17-21-22(19-15-5-2,20-16-6-3)18-13-10-9-11-14-18/h9-11,13-14H,4-8,12,15-17H2,1-3H3. The van der Waals surface area contributed by atoms with E-state index >= 15 is 0 Å². The van der Waals surface area contributed by atoms with Crippen molar-refractivity contribution < 1.29 is 13.3 Å². The highest BCUT2D eigenvalue weighted by molar-refractivity contribution is 6.75. The first-order chi connectivity index (χ1) is 10.8. The zero-order chi connectivity index (χ0) is 16.1. The summed E-state index contributed by atoms with van der Waals surface area (Å²) in [6.07, 6.45) is 6.71. The molecule has 0 amide bonds. The normalized spacial score (nSPS) is 11.8. The molecular formula is C18H32O3Si. The maximum absolute atomic E-state index is 6.26. The quantitative estimate of drug-likeness (QED) is 0.400. The van der Waals surface area contributed by atoms with Gasteiger partial charge in [-0.2, -0.15) is 0 Å². The van der Waals surface area contributed by atoms with E-state index in [9.17, 15) is 0 Å². The zero-order valence-corrected chi connectivity index (χ0v) is 15.5. The Morgan fingerprint density at radius 1 is 0.682 bits per heavy atom. The summed E-state index contributed by atoms with van der Waals surface area (Å²) in [4.78, 5) is 0. The Morgan fingerprint density at radius 3 is 1.82 bits per heavy atom. The van der Waals surface area contributed by atoms with Crippen molar-refractivity contribution in [1.82, 2.24) is 0 Å². The lowest BCUT2D eigenvalue weighted by Crippen LogP contribution is -2.57. The molecule has 0 saturated carbocycles. The molecule has 0 spiro atoms. The predicted molar refractivity (Wildman–Crippen MR) is 94.4 cm³/mol. The van der Waals surface area contributed by atoms with Crippen molar-refractivity contribution in [2.45, 2.75) is 59.3 Å². The van der Waals surface area contributed by atoms with Crippen LogP contribution >= 0.6 is 0 Å². The van der Waals surface area contributed by atoms with Crippen LogP contribution in [-0.4, -0.2) is 28.6 Å². The largest absolute Gasteiger partial charge is 0.537 e. The van der Waals surface area contributed by atoms with Gasteiger partial charge in [-0.05, 0) is 19.3 Å². The fourth-order valence-electron chi connectivity index (χ4n) is 2.23. The number of unbranched alkanes of at least 4 members (excludes halogenated alkanes) is 3. The van der Waals surface area contributed by atoms with Gasteiger partial charge < -0.3 is 13.3 Å². The van der Waals surface area contributed by atoms with E-state index < -0.39 is 8.80 Å². The van der Waals surface area contributed by atoms with Crippen LogP contribution in [0.25, 0.3) is 0 Å². The highest BCUT2D eigenvalue weighted by atomic mass is 28.4. The van der Waals surface area contributed by atoms with Crippen molar-refractivity contribution in [1.29, 1.82) is 0 Å². The molecule has 0 aromatic heterocycles. The second-order valence-corrected chi connectivity index (χ2v) is 8.08. The lowest BCUT2D eigenvalue weighted by Gasteiger charge is -2.30. The highest BCUT2D eigenvalue weighted by Gasteiger charge is 2.43. The van der Waals surface area contributed by atoms with Crippen LogP contribution in [0.4, 0.5) is 0 Å². The van der Waals surface area contributed by atoms with E-state index in [2.05, 4.69) is 32.9 Å². The Hall–Kier alpha value is -0.683. The highest BCUT2D eigenvalue weighted by Crippen LogP contribution is 2.13. The Labute approximate surface area is 137 Å². The lowest BCUT2D eigenvalue weighted by atomic mass is 10.2. The third-order valence-corrected chi connectivity index (χ3v) is 6.20. The molecule has 0 N–H and O–H groups in total. The van der Waals surface area contributed by atoms with E-state index in [1.807, 2.05) is 18.2 Å². The summed E-state index contributed by atoms with van der Waals surface area (Å²) in [5.41, 5.74) is 0. The van der Waals surface area contributed by atoms with Gasteiger partial charge in [0.15, 0.2) is 0 Å². The van der Waals surface area contributed by atoms with E-state index in [1.165, 1.54) is 19.3 Å². The SMILES string of the molecule is CCCCCCO[Si](OCCC)(OCCC)c1ccccc1. The first-order valence-corrected chi connectivity index (χ1v) is 10.5. The fraction of sp³-hybridized carbons (Fsp3) is 0.667. The summed E-state index contributed by atoms with van der Waals surface area (Å²) in [5, 5.41) is 1.08. The Bertz CT molecular complexity index is 362. The third kappa shape index (κ3) is 6.61. The van der Waals surface area contributed by atoms with E-state index in [4.69, 9.17) is 13.3 Å².